The normalized spacial score (nSPS) is 15.4. The number of methoxy groups -OCH3 is 1. The lowest BCUT2D eigenvalue weighted by atomic mass is 10.1. The van der Waals surface area contributed by atoms with Gasteiger partial charge >= 0.3 is 0 Å². The fourth-order valence-electron chi connectivity index (χ4n) is 3.15. The van der Waals surface area contributed by atoms with E-state index in [0.717, 1.165) is 11.4 Å². The maximum absolute atomic E-state index is 12.6. The van der Waals surface area contributed by atoms with Crippen LogP contribution in [0.3, 0.4) is 0 Å². The number of anilines is 1. The van der Waals surface area contributed by atoms with Crippen LogP contribution in [0.15, 0.2) is 24.3 Å². The average molecular weight is 377 g/mol. The molecule has 27 heavy (non-hydrogen) atoms. The molecule has 7 nitrogen and oxygen atoms in total. The Morgan fingerprint density at radius 3 is 2.37 bits per heavy atom. The number of carbonyl (C=O) groups is 2. The number of para-hydroxylation sites is 2. The van der Waals surface area contributed by atoms with E-state index >= 15 is 0 Å². The van der Waals surface area contributed by atoms with Crippen molar-refractivity contribution in [3.63, 3.8) is 0 Å². The summed E-state index contributed by atoms with van der Waals surface area (Å²) in [5.74, 6) is 0.864. The third kappa shape index (κ3) is 6.43. The SMILES string of the molecule is COc1ccccc1N(C)CC(=O)N1CCN(CC(=O)NC(C)(C)C)CC1. The van der Waals surface area contributed by atoms with Crippen LogP contribution in [0.1, 0.15) is 20.8 Å². The molecule has 0 unspecified atom stereocenters. The largest absolute Gasteiger partial charge is 0.495 e. The Hall–Kier alpha value is -2.28. The van der Waals surface area contributed by atoms with Crippen LogP contribution in [-0.4, -0.2) is 80.6 Å². The number of benzene rings is 1. The maximum atomic E-state index is 12.6. The summed E-state index contributed by atoms with van der Waals surface area (Å²) in [6.07, 6.45) is 0. The van der Waals surface area contributed by atoms with E-state index in [-0.39, 0.29) is 17.4 Å². The number of carbonyl (C=O) groups excluding carboxylic acids is 2. The van der Waals surface area contributed by atoms with E-state index < -0.39 is 0 Å². The molecule has 0 aliphatic carbocycles. The molecule has 1 aromatic carbocycles. The molecule has 0 aromatic heterocycles. The first-order valence-corrected chi connectivity index (χ1v) is 9.35. The smallest absolute Gasteiger partial charge is 0.242 e. The van der Waals surface area contributed by atoms with Gasteiger partial charge in [0.05, 0.1) is 25.9 Å². The van der Waals surface area contributed by atoms with Crippen molar-refractivity contribution in [2.24, 2.45) is 0 Å². The van der Waals surface area contributed by atoms with Crippen LogP contribution in [0.25, 0.3) is 0 Å². The molecule has 2 rings (SSSR count). The number of nitrogens with one attached hydrogen (secondary N) is 1. The molecule has 1 aromatic rings. The van der Waals surface area contributed by atoms with E-state index in [1.54, 1.807) is 7.11 Å². The highest BCUT2D eigenvalue weighted by Crippen LogP contribution is 2.26. The molecule has 0 radical (unpaired) electrons. The molecular formula is C20H32N4O3. The summed E-state index contributed by atoms with van der Waals surface area (Å²) in [7, 11) is 3.52. The third-order valence-electron chi connectivity index (χ3n) is 4.48. The minimum absolute atomic E-state index is 0.0261. The molecule has 7 heteroatoms. The molecule has 1 fully saturated rings. The van der Waals surface area contributed by atoms with Gasteiger partial charge in [0.2, 0.25) is 11.8 Å². The van der Waals surface area contributed by atoms with Crippen molar-refractivity contribution in [3.05, 3.63) is 24.3 Å². The number of likely N-dealkylation sites (N-methyl/N-ethyl adjacent to an activating group) is 1. The van der Waals surface area contributed by atoms with E-state index in [9.17, 15) is 9.59 Å². The first-order valence-electron chi connectivity index (χ1n) is 9.35. The van der Waals surface area contributed by atoms with E-state index in [1.807, 2.05) is 61.9 Å². The quantitative estimate of drug-likeness (QED) is 0.808. The zero-order valence-corrected chi connectivity index (χ0v) is 17.1. The van der Waals surface area contributed by atoms with Gasteiger partial charge in [0, 0.05) is 38.8 Å². The Morgan fingerprint density at radius 2 is 1.78 bits per heavy atom. The second-order valence-corrected chi connectivity index (χ2v) is 7.98. The molecule has 0 bridgehead atoms. The number of hydrogen-bond donors (Lipinski definition) is 1. The van der Waals surface area contributed by atoms with Crippen molar-refractivity contribution >= 4 is 17.5 Å². The molecule has 0 spiro atoms. The van der Waals surface area contributed by atoms with Crippen molar-refractivity contribution < 1.29 is 14.3 Å². The standard InChI is InChI=1S/C20H32N4O3/c1-20(2,3)21-18(25)14-23-10-12-24(13-11-23)19(26)15-22(4)16-8-6-7-9-17(16)27-5/h6-9H,10-15H2,1-5H3,(H,21,25). The van der Waals surface area contributed by atoms with Gasteiger partial charge in [-0.25, -0.2) is 0 Å². The number of ether oxygens (including phenoxy) is 1. The van der Waals surface area contributed by atoms with Gasteiger partial charge < -0.3 is 19.9 Å². The summed E-state index contributed by atoms with van der Waals surface area (Å²) in [6, 6.07) is 7.67. The van der Waals surface area contributed by atoms with Crippen LogP contribution in [0.5, 0.6) is 5.75 Å². The second kappa shape index (κ2) is 9.08. The Balaban J connectivity index is 1.82. The minimum atomic E-state index is -0.224. The lowest BCUT2D eigenvalue weighted by Gasteiger charge is -2.35. The number of nitrogens with zero attached hydrogens (tertiary/aromatic N) is 3. The van der Waals surface area contributed by atoms with E-state index in [2.05, 4.69) is 10.2 Å². The second-order valence-electron chi connectivity index (χ2n) is 7.98. The Bertz CT molecular complexity index is 649. The minimum Gasteiger partial charge on any atom is -0.495 e. The number of hydrogen-bond acceptors (Lipinski definition) is 5. The lowest BCUT2D eigenvalue weighted by molar-refractivity contribution is -0.131. The first-order chi connectivity index (χ1) is 12.7. The first kappa shape index (κ1) is 21.0. The molecule has 150 valence electrons. The summed E-state index contributed by atoms with van der Waals surface area (Å²) < 4.78 is 5.37. The molecule has 2 amide bonds. The van der Waals surface area contributed by atoms with Crippen LogP contribution >= 0.6 is 0 Å². The number of amides is 2. The monoisotopic (exact) mass is 376 g/mol. The topological polar surface area (TPSA) is 65.1 Å². The summed E-state index contributed by atoms with van der Waals surface area (Å²) >= 11 is 0. The van der Waals surface area contributed by atoms with Crippen LogP contribution in [0, 0.1) is 0 Å². The lowest BCUT2D eigenvalue weighted by Crippen LogP contribution is -2.54. The van der Waals surface area contributed by atoms with Crippen LogP contribution in [0.4, 0.5) is 5.69 Å². The van der Waals surface area contributed by atoms with Crippen LogP contribution in [0.2, 0.25) is 0 Å². The van der Waals surface area contributed by atoms with Crippen LogP contribution < -0.4 is 15.0 Å². The highest BCUT2D eigenvalue weighted by molar-refractivity contribution is 5.82. The van der Waals surface area contributed by atoms with Crippen LogP contribution in [-0.2, 0) is 9.59 Å². The fraction of sp³-hybridized carbons (Fsp3) is 0.600. The molecule has 1 aliphatic rings. The van der Waals surface area contributed by atoms with Gasteiger partial charge in [-0.2, -0.15) is 0 Å². The van der Waals surface area contributed by atoms with Gasteiger partial charge in [0.1, 0.15) is 5.75 Å². The van der Waals surface area contributed by atoms with Crippen molar-refractivity contribution in [2.45, 2.75) is 26.3 Å². The van der Waals surface area contributed by atoms with Gasteiger partial charge in [-0.05, 0) is 32.9 Å². The number of rotatable bonds is 6. The summed E-state index contributed by atoms with van der Waals surface area (Å²) in [5.41, 5.74) is 0.670. The molecule has 1 N–H and O–H groups in total. The average Bonchev–Trinajstić information content (AvgIpc) is 2.60. The summed E-state index contributed by atoms with van der Waals surface area (Å²) in [4.78, 5) is 30.6. The molecular weight excluding hydrogens is 344 g/mol. The van der Waals surface area contributed by atoms with Gasteiger partial charge in [-0.15, -0.1) is 0 Å². The van der Waals surface area contributed by atoms with Crippen molar-refractivity contribution in [1.82, 2.24) is 15.1 Å². The zero-order chi connectivity index (χ0) is 20.0. The molecule has 1 aliphatic heterocycles. The molecule has 1 heterocycles. The van der Waals surface area contributed by atoms with E-state index in [0.29, 0.717) is 39.3 Å². The predicted octanol–water partition coefficient (Wildman–Crippen LogP) is 1.19. The van der Waals surface area contributed by atoms with Gasteiger partial charge in [0.15, 0.2) is 0 Å². The summed E-state index contributed by atoms with van der Waals surface area (Å²) in [6.45, 7) is 9.29. The number of piperazine rings is 1. The van der Waals surface area contributed by atoms with Gasteiger partial charge in [-0.1, -0.05) is 12.1 Å². The van der Waals surface area contributed by atoms with E-state index in [1.165, 1.54) is 0 Å². The predicted molar refractivity (Wildman–Crippen MR) is 107 cm³/mol. The highest BCUT2D eigenvalue weighted by Gasteiger charge is 2.24. The van der Waals surface area contributed by atoms with Crippen molar-refractivity contribution in [2.75, 3.05) is 58.3 Å². The van der Waals surface area contributed by atoms with Crippen molar-refractivity contribution in [1.29, 1.82) is 0 Å². The van der Waals surface area contributed by atoms with Crippen molar-refractivity contribution in [3.8, 4) is 5.75 Å². The van der Waals surface area contributed by atoms with Gasteiger partial charge in [0.25, 0.3) is 0 Å². The molecule has 0 saturated carbocycles. The summed E-state index contributed by atoms with van der Waals surface area (Å²) in [5, 5.41) is 2.98. The zero-order valence-electron chi connectivity index (χ0n) is 17.1. The fourth-order valence-corrected chi connectivity index (χ4v) is 3.15. The van der Waals surface area contributed by atoms with E-state index in [4.69, 9.17) is 4.74 Å². The highest BCUT2D eigenvalue weighted by atomic mass is 16.5. The third-order valence-corrected chi connectivity index (χ3v) is 4.48. The Kier molecular flexibility index (Phi) is 7.07. The molecule has 1 saturated heterocycles. The Morgan fingerprint density at radius 1 is 1.15 bits per heavy atom. The Labute approximate surface area is 162 Å². The molecule has 0 atom stereocenters. The van der Waals surface area contributed by atoms with Gasteiger partial charge in [-0.3, -0.25) is 14.5 Å². The maximum Gasteiger partial charge on any atom is 0.242 e.